The molecule has 0 aromatic heterocycles. The molecular formula is C25H40N4O6S2. The van der Waals surface area contributed by atoms with E-state index in [9.17, 15) is 24.3 Å². The fourth-order valence-electron chi connectivity index (χ4n) is 3.55. The van der Waals surface area contributed by atoms with Gasteiger partial charge in [0.05, 0.1) is 13.2 Å². The first-order chi connectivity index (χ1) is 17.4. The minimum atomic E-state index is -1.08. The summed E-state index contributed by atoms with van der Waals surface area (Å²) in [5.41, 5.74) is 7.91. The van der Waals surface area contributed by atoms with Crippen molar-refractivity contribution in [1.29, 1.82) is 0 Å². The molecule has 0 saturated carbocycles. The number of thiol groups is 1. The maximum absolute atomic E-state index is 13.4. The van der Waals surface area contributed by atoms with Crippen molar-refractivity contribution in [3.8, 4) is 5.75 Å². The van der Waals surface area contributed by atoms with Crippen LogP contribution in [0.15, 0.2) is 12.1 Å². The Balaban J connectivity index is 3.29. The number of thioether (sulfide) groups is 1. The van der Waals surface area contributed by atoms with E-state index in [1.807, 2.05) is 13.2 Å². The van der Waals surface area contributed by atoms with Crippen molar-refractivity contribution in [3.63, 3.8) is 0 Å². The zero-order valence-electron chi connectivity index (χ0n) is 22.3. The summed E-state index contributed by atoms with van der Waals surface area (Å²) in [6.45, 7) is 7.09. The molecular weight excluding hydrogens is 516 g/mol. The van der Waals surface area contributed by atoms with E-state index in [1.165, 1.54) is 24.9 Å². The molecule has 0 fully saturated rings. The van der Waals surface area contributed by atoms with Crippen molar-refractivity contribution in [3.05, 3.63) is 28.8 Å². The van der Waals surface area contributed by atoms with Crippen molar-refractivity contribution in [2.24, 2.45) is 11.7 Å². The number of esters is 1. The molecule has 10 nitrogen and oxygen atoms in total. The second-order valence-electron chi connectivity index (χ2n) is 9.14. The van der Waals surface area contributed by atoms with Gasteiger partial charge >= 0.3 is 5.97 Å². The third-order valence-electron chi connectivity index (χ3n) is 6.12. The summed E-state index contributed by atoms with van der Waals surface area (Å²) in [5.74, 6) is -1.72. The fraction of sp³-hybridized carbons (Fsp3) is 0.600. The fourth-order valence-corrected chi connectivity index (χ4v) is 4.19. The number of phenols is 1. The molecule has 0 aliphatic rings. The van der Waals surface area contributed by atoms with Crippen LogP contribution in [0, 0.1) is 19.8 Å². The summed E-state index contributed by atoms with van der Waals surface area (Å²) < 4.78 is 4.84. The molecule has 0 bridgehead atoms. The molecule has 12 heteroatoms. The van der Waals surface area contributed by atoms with Crippen LogP contribution in [-0.4, -0.2) is 77.8 Å². The van der Waals surface area contributed by atoms with Gasteiger partial charge in [-0.3, -0.25) is 14.4 Å². The van der Waals surface area contributed by atoms with E-state index >= 15 is 0 Å². The Morgan fingerprint density at radius 2 is 1.65 bits per heavy atom. The Bertz CT molecular complexity index is 959. The van der Waals surface area contributed by atoms with Crippen molar-refractivity contribution in [1.82, 2.24) is 16.0 Å². The first kappa shape index (κ1) is 32.6. The lowest BCUT2D eigenvalue weighted by Gasteiger charge is -2.27. The molecule has 1 aromatic rings. The predicted octanol–water partition coefficient (Wildman–Crippen LogP) is 0.845. The summed E-state index contributed by atoms with van der Waals surface area (Å²) >= 11 is 5.55. The number of hydrogen-bond acceptors (Lipinski definition) is 9. The van der Waals surface area contributed by atoms with Crippen molar-refractivity contribution < 1.29 is 29.0 Å². The number of hydrogen-bond donors (Lipinski definition) is 6. The van der Waals surface area contributed by atoms with Gasteiger partial charge in [0.25, 0.3) is 0 Å². The van der Waals surface area contributed by atoms with E-state index in [0.29, 0.717) is 17.7 Å². The number of ether oxygens (including phenoxy) is 1. The van der Waals surface area contributed by atoms with E-state index in [4.69, 9.17) is 10.5 Å². The summed E-state index contributed by atoms with van der Waals surface area (Å²) in [5, 5.41) is 18.1. The van der Waals surface area contributed by atoms with Gasteiger partial charge in [-0.05, 0) is 61.0 Å². The van der Waals surface area contributed by atoms with E-state index in [1.54, 1.807) is 26.8 Å². The van der Waals surface area contributed by atoms with Gasteiger partial charge in [-0.2, -0.15) is 24.4 Å². The van der Waals surface area contributed by atoms with E-state index in [-0.39, 0.29) is 23.8 Å². The number of amides is 3. The SMILES string of the molecule is COC(=O)[C@H](CCSC)NC(=O)[C@H](Cc1ccc(O)c(C)c1C)NC(=O)[C@@H](NC(=O)[C@@H](N)CS)C(C)C. The van der Waals surface area contributed by atoms with Crippen molar-refractivity contribution in [2.75, 3.05) is 24.9 Å². The van der Waals surface area contributed by atoms with Gasteiger partial charge in [0.15, 0.2) is 0 Å². The number of rotatable bonds is 14. The number of nitrogens with one attached hydrogen (secondary N) is 3. The van der Waals surface area contributed by atoms with Crippen LogP contribution in [0.3, 0.4) is 0 Å². The highest BCUT2D eigenvalue weighted by Gasteiger charge is 2.32. The van der Waals surface area contributed by atoms with Gasteiger partial charge in [-0.1, -0.05) is 19.9 Å². The third-order valence-corrected chi connectivity index (χ3v) is 7.16. The van der Waals surface area contributed by atoms with Crippen LogP contribution in [0.1, 0.15) is 37.0 Å². The molecule has 37 heavy (non-hydrogen) atoms. The highest BCUT2D eigenvalue weighted by Crippen LogP contribution is 2.24. The quantitative estimate of drug-likeness (QED) is 0.145. The molecule has 0 saturated heterocycles. The first-order valence-electron chi connectivity index (χ1n) is 12.0. The topological polar surface area (TPSA) is 160 Å². The summed E-state index contributed by atoms with van der Waals surface area (Å²) in [4.78, 5) is 51.3. The lowest BCUT2D eigenvalue weighted by atomic mass is 9.95. The number of carbonyl (C=O) groups is 4. The number of nitrogens with two attached hydrogens (primary N) is 1. The molecule has 4 atom stereocenters. The Morgan fingerprint density at radius 3 is 2.19 bits per heavy atom. The molecule has 0 spiro atoms. The molecule has 6 N–H and O–H groups in total. The molecule has 3 amide bonds. The summed E-state index contributed by atoms with van der Waals surface area (Å²) in [6, 6.07) is -0.599. The minimum absolute atomic E-state index is 0.0931. The first-order valence-corrected chi connectivity index (χ1v) is 14.0. The Labute approximate surface area is 228 Å². The number of carbonyl (C=O) groups excluding carboxylic acids is 4. The van der Waals surface area contributed by atoms with Crippen molar-refractivity contribution in [2.45, 2.75) is 64.7 Å². The molecule has 0 radical (unpaired) electrons. The zero-order chi connectivity index (χ0) is 28.3. The molecule has 208 valence electrons. The molecule has 1 aromatic carbocycles. The third kappa shape index (κ3) is 9.75. The predicted molar refractivity (Wildman–Crippen MR) is 149 cm³/mol. The second-order valence-corrected chi connectivity index (χ2v) is 10.5. The van der Waals surface area contributed by atoms with Gasteiger partial charge in [0, 0.05) is 12.2 Å². The van der Waals surface area contributed by atoms with Gasteiger partial charge in [0.2, 0.25) is 17.7 Å². The normalized spacial score (nSPS) is 14.3. The highest BCUT2D eigenvalue weighted by molar-refractivity contribution is 7.98. The lowest BCUT2D eigenvalue weighted by molar-refractivity contribution is -0.145. The van der Waals surface area contributed by atoms with Crippen LogP contribution in [0.5, 0.6) is 5.75 Å². The Morgan fingerprint density at radius 1 is 1.03 bits per heavy atom. The maximum atomic E-state index is 13.4. The summed E-state index contributed by atoms with van der Waals surface area (Å²) in [6.07, 6.45) is 2.33. The number of methoxy groups -OCH3 is 1. The van der Waals surface area contributed by atoms with Gasteiger partial charge in [-0.15, -0.1) is 0 Å². The number of aromatic hydroxyl groups is 1. The van der Waals surface area contributed by atoms with Gasteiger partial charge in [0.1, 0.15) is 23.9 Å². The summed E-state index contributed by atoms with van der Waals surface area (Å²) in [7, 11) is 1.24. The molecule has 0 aliphatic carbocycles. The maximum Gasteiger partial charge on any atom is 0.328 e. The Hall–Kier alpha value is -2.44. The standard InChI is InChI=1S/C25H40N4O6S2/c1-13(2)21(29-22(31)17(26)12-36)24(33)28-19(11-16-7-8-20(30)15(4)14(16)3)23(32)27-18(9-10-37-6)25(34)35-5/h7-8,13,17-19,21,30,36H,9-12,26H2,1-6H3,(H,27,32)(H,28,33)(H,29,31)/t17-,18-,19-,21-/m0/s1. The van der Waals surface area contributed by atoms with E-state index < -0.39 is 47.9 Å². The molecule has 0 heterocycles. The van der Waals surface area contributed by atoms with Crippen LogP contribution in [0.4, 0.5) is 0 Å². The zero-order valence-corrected chi connectivity index (χ0v) is 24.0. The smallest absolute Gasteiger partial charge is 0.328 e. The Kier molecular flexibility index (Phi) is 13.9. The van der Waals surface area contributed by atoms with Crippen LogP contribution in [-0.2, 0) is 30.3 Å². The molecule has 0 unspecified atom stereocenters. The molecule has 1 rings (SSSR count). The lowest BCUT2D eigenvalue weighted by Crippen LogP contribution is -2.59. The van der Waals surface area contributed by atoms with Crippen LogP contribution in [0.25, 0.3) is 0 Å². The average Bonchev–Trinajstić information content (AvgIpc) is 2.87. The largest absolute Gasteiger partial charge is 0.508 e. The van der Waals surface area contributed by atoms with Crippen molar-refractivity contribution >= 4 is 48.1 Å². The van der Waals surface area contributed by atoms with Gasteiger partial charge in [-0.25, -0.2) is 4.79 Å². The second kappa shape index (κ2) is 15.7. The molecule has 0 aliphatic heterocycles. The van der Waals surface area contributed by atoms with Gasteiger partial charge < -0.3 is 31.5 Å². The minimum Gasteiger partial charge on any atom is -0.508 e. The van der Waals surface area contributed by atoms with Crippen LogP contribution >= 0.6 is 24.4 Å². The number of benzene rings is 1. The van der Waals surface area contributed by atoms with Crippen LogP contribution in [0.2, 0.25) is 0 Å². The van der Waals surface area contributed by atoms with Crippen LogP contribution < -0.4 is 21.7 Å². The van der Waals surface area contributed by atoms with E-state index in [2.05, 4.69) is 28.6 Å². The monoisotopic (exact) mass is 556 g/mol. The average molecular weight is 557 g/mol. The number of phenolic OH excluding ortho intramolecular Hbond substituents is 1. The van der Waals surface area contributed by atoms with E-state index in [0.717, 1.165) is 11.1 Å². The highest BCUT2D eigenvalue weighted by atomic mass is 32.2.